The van der Waals surface area contributed by atoms with E-state index in [1.165, 1.54) is 18.2 Å². The Kier molecular flexibility index (Phi) is 5.34. The van der Waals surface area contributed by atoms with Gasteiger partial charge in [0.25, 0.3) is 0 Å². The average Bonchev–Trinajstić information content (AvgIpc) is 3.31. The van der Waals surface area contributed by atoms with Gasteiger partial charge in [0.15, 0.2) is 0 Å². The molecule has 7 heteroatoms. The van der Waals surface area contributed by atoms with Gasteiger partial charge < -0.3 is 10.3 Å². The number of halogens is 2. The Balaban J connectivity index is 1.34. The molecule has 4 rings (SSSR count). The van der Waals surface area contributed by atoms with Crippen LogP contribution in [-0.2, 0) is 11.3 Å². The first kappa shape index (κ1) is 18.6. The number of nitrogens with zero attached hydrogens (tertiary/aromatic N) is 2. The molecule has 5 nitrogen and oxygen atoms in total. The van der Waals surface area contributed by atoms with Crippen molar-refractivity contribution < 1.29 is 13.6 Å². The number of aromatic amines is 1. The number of carbonyl (C=O) groups is 1. The Bertz CT molecular complexity index is 987. The number of benzene rings is 2. The predicted octanol–water partition coefficient (Wildman–Crippen LogP) is 3.68. The first-order valence-corrected chi connectivity index (χ1v) is 9.49. The second-order valence-electron chi connectivity index (χ2n) is 7.10. The van der Waals surface area contributed by atoms with Gasteiger partial charge in [-0.1, -0.05) is 18.2 Å². The van der Waals surface area contributed by atoms with Crippen molar-refractivity contribution in [2.75, 3.05) is 13.1 Å². The van der Waals surface area contributed by atoms with Gasteiger partial charge >= 0.3 is 0 Å². The summed E-state index contributed by atoms with van der Waals surface area (Å²) in [4.78, 5) is 22.2. The van der Waals surface area contributed by atoms with Gasteiger partial charge in [-0.25, -0.2) is 13.8 Å². The van der Waals surface area contributed by atoms with Gasteiger partial charge in [0.2, 0.25) is 5.91 Å². The number of hydrogen-bond acceptors (Lipinski definition) is 3. The number of amides is 1. The van der Waals surface area contributed by atoms with Crippen LogP contribution in [0.3, 0.4) is 0 Å². The second-order valence-corrected chi connectivity index (χ2v) is 7.10. The van der Waals surface area contributed by atoms with Crippen molar-refractivity contribution in [2.24, 2.45) is 0 Å². The standard InChI is InChI=1S/C21H22F2N4O/c22-15-7-8-17-18(12-15)26-21(25-17)19-6-3-10-27(19)11-9-20(28)24-13-14-4-1-2-5-16(14)23/h1-2,4-5,7-8,12,19H,3,6,9-11,13H2,(H,24,28)(H,25,26)/t19-/m0/s1. The number of carbonyl (C=O) groups excluding carboxylic acids is 1. The lowest BCUT2D eigenvalue weighted by Crippen LogP contribution is -2.31. The molecule has 0 aliphatic carbocycles. The van der Waals surface area contributed by atoms with E-state index in [4.69, 9.17) is 0 Å². The van der Waals surface area contributed by atoms with E-state index in [2.05, 4.69) is 20.2 Å². The highest BCUT2D eigenvalue weighted by atomic mass is 19.1. The van der Waals surface area contributed by atoms with Gasteiger partial charge in [-0.15, -0.1) is 0 Å². The van der Waals surface area contributed by atoms with Gasteiger partial charge in [0.1, 0.15) is 17.5 Å². The molecule has 1 aliphatic rings. The van der Waals surface area contributed by atoms with Crippen LogP contribution < -0.4 is 5.32 Å². The summed E-state index contributed by atoms with van der Waals surface area (Å²) in [6, 6.07) is 11.0. The summed E-state index contributed by atoms with van der Waals surface area (Å²) < 4.78 is 27.0. The average molecular weight is 384 g/mol. The molecular formula is C21H22F2N4O. The molecule has 2 heterocycles. The Hall–Kier alpha value is -2.80. The maximum atomic E-state index is 13.6. The summed E-state index contributed by atoms with van der Waals surface area (Å²) in [7, 11) is 0. The molecule has 1 amide bonds. The minimum Gasteiger partial charge on any atom is -0.352 e. The molecule has 1 aliphatic heterocycles. The number of hydrogen-bond donors (Lipinski definition) is 2. The highest BCUT2D eigenvalue weighted by molar-refractivity contribution is 5.76. The number of likely N-dealkylation sites (tertiary alicyclic amines) is 1. The molecule has 1 fully saturated rings. The molecular weight excluding hydrogens is 362 g/mol. The fourth-order valence-electron chi connectivity index (χ4n) is 3.73. The lowest BCUT2D eigenvalue weighted by atomic mass is 10.2. The summed E-state index contributed by atoms with van der Waals surface area (Å²) in [5.74, 6) is 0.0895. The smallest absolute Gasteiger partial charge is 0.221 e. The number of imidazole rings is 1. The summed E-state index contributed by atoms with van der Waals surface area (Å²) in [6.07, 6.45) is 2.30. The first-order chi connectivity index (χ1) is 13.6. The molecule has 3 aromatic rings. The largest absolute Gasteiger partial charge is 0.352 e. The summed E-state index contributed by atoms with van der Waals surface area (Å²) in [5, 5.41) is 2.78. The maximum absolute atomic E-state index is 13.6. The van der Waals surface area contributed by atoms with Gasteiger partial charge in [0.05, 0.1) is 17.1 Å². The molecule has 1 aromatic heterocycles. The highest BCUT2D eigenvalue weighted by Crippen LogP contribution is 2.31. The quantitative estimate of drug-likeness (QED) is 0.682. The molecule has 0 saturated carbocycles. The first-order valence-electron chi connectivity index (χ1n) is 9.49. The molecule has 0 radical (unpaired) electrons. The van der Waals surface area contributed by atoms with Crippen LogP contribution in [0.2, 0.25) is 0 Å². The molecule has 0 spiro atoms. The monoisotopic (exact) mass is 384 g/mol. The Morgan fingerprint density at radius 2 is 2.11 bits per heavy atom. The third-order valence-electron chi connectivity index (χ3n) is 5.20. The van der Waals surface area contributed by atoms with Gasteiger partial charge in [0, 0.05) is 25.1 Å². The van der Waals surface area contributed by atoms with Crippen LogP contribution in [0, 0.1) is 11.6 Å². The Morgan fingerprint density at radius 3 is 2.96 bits per heavy atom. The number of aromatic nitrogens is 2. The van der Waals surface area contributed by atoms with Crippen molar-refractivity contribution in [3.05, 3.63) is 65.5 Å². The second kappa shape index (κ2) is 8.06. The minimum absolute atomic E-state index is 0.0924. The van der Waals surface area contributed by atoms with Crippen molar-refractivity contribution in [3.8, 4) is 0 Å². The van der Waals surface area contributed by atoms with E-state index >= 15 is 0 Å². The van der Waals surface area contributed by atoms with Crippen molar-refractivity contribution >= 4 is 16.9 Å². The zero-order valence-corrected chi connectivity index (χ0v) is 15.4. The number of H-pyrrole nitrogens is 1. The molecule has 2 aromatic carbocycles. The Morgan fingerprint density at radius 1 is 1.25 bits per heavy atom. The molecule has 1 atom stereocenters. The molecule has 28 heavy (non-hydrogen) atoms. The van der Waals surface area contributed by atoms with Gasteiger partial charge in [-0.3, -0.25) is 9.69 Å². The normalized spacial score (nSPS) is 17.3. The van der Waals surface area contributed by atoms with Crippen molar-refractivity contribution in [1.82, 2.24) is 20.2 Å². The van der Waals surface area contributed by atoms with E-state index in [-0.39, 0.29) is 30.1 Å². The zero-order chi connectivity index (χ0) is 19.5. The molecule has 1 saturated heterocycles. The fourth-order valence-corrected chi connectivity index (χ4v) is 3.73. The fraction of sp³-hybridized carbons (Fsp3) is 0.333. The van der Waals surface area contributed by atoms with E-state index in [0.717, 1.165) is 30.7 Å². The van der Waals surface area contributed by atoms with E-state index in [1.807, 2.05) is 0 Å². The molecule has 0 bridgehead atoms. The number of rotatable bonds is 6. The number of fused-ring (bicyclic) bond motifs is 1. The third-order valence-corrected chi connectivity index (χ3v) is 5.20. The summed E-state index contributed by atoms with van der Waals surface area (Å²) in [5.41, 5.74) is 1.90. The molecule has 146 valence electrons. The highest BCUT2D eigenvalue weighted by Gasteiger charge is 2.28. The van der Waals surface area contributed by atoms with Crippen LogP contribution >= 0.6 is 0 Å². The number of nitrogens with one attached hydrogen (secondary N) is 2. The lowest BCUT2D eigenvalue weighted by molar-refractivity contribution is -0.121. The van der Waals surface area contributed by atoms with Crippen LogP contribution in [-0.4, -0.2) is 33.9 Å². The summed E-state index contributed by atoms with van der Waals surface area (Å²) in [6.45, 7) is 1.67. The maximum Gasteiger partial charge on any atom is 0.221 e. The van der Waals surface area contributed by atoms with Crippen molar-refractivity contribution in [1.29, 1.82) is 0 Å². The van der Waals surface area contributed by atoms with E-state index in [9.17, 15) is 13.6 Å². The lowest BCUT2D eigenvalue weighted by Gasteiger charge is -2.22. The topological polar surface area (TPSA) is 61.0 Å². The molecule has 0 unspecified atom stereocenters. The third kappa shape index (κ3) is 4.04. The van der Waals surface area contributed by atoms with Gasteiger partial charge in [-0.05, 0) is 43.7 Å². The van der Waals surface area contributed by atoms with E-state index in [1.54, 1.807) is 24.3 Å². The summed E-state index contributed by atoms with van der Waals surface area (Å²) >= 11 is 0. The van der Waals surface area contributed by atoms with E-state index in [0.29, 0.717) is 24.0 Å². The van der Waals surface area contributed by atoms with Crippen LogP contribution in [0.4, 0.5) is 8.78 Å². The van der Waals surface area contributed by atoms with Crippen molar-refractivity contribution in [3.63, 3.8) is 0 Å². The predicted molar refractivity (Wildman–Crippen MR) is 102 cm³/mol. The van der Waals surface area contributed by atoms with Crippen LogP contribution in [0.25, 0.3) is 11.0 Å². The van der Waals surface area contributed by atoms with Crippen LogP contribution in [0.15, 0.2) is 42.5 Å². The van der Waals surface area contributed by atoms with Gasteiger partial charge in [-0.2, -0.15) is 0 Å². The van der Waals surface area contributed by atoms with Crippen LogP contribution in [0.5, 0.6) is 0 Å². The zero-order valence-electron chi connectivity index (χ0n) is 15.4. The Labute approximate surface area is 161 Å². The van der Waals surface area contributed by atoms with Crippen molar-refractivity contribution in [2.45, 2.75) is 31.8 Å². The molecule has 2 N–H and O–H groups in total. The minimum atomic E-state index is -0.316. The SMILES string of the molecule is O=C(CCN1CCC[C@H]1c1nc2ccc(F)cc2[nH]1)NCc1ccccc1F. The van der Waals surface area contributed by atoms with Crippen LogP contribution in [0.1, 0.15) is 36.7 Å². The van der Waals surface area contributed by atoms with E-state index < -0.39 is 0 Å².